The van der Waals surface area contributed by atoms with Gasteiger partial charge >= 0.3 is 0 Å². The number of rotatable bonds is 5. The Labute approximate surface area is 184 Å². The van der Waals surface area contributed by atoms with Crippen LogP contribution in [0.15, 0.2) is 41.4 Å². The molecule has 0 aliphatic rings. The topological polar surface area (TPSA) is 123 Å². The van der Waals surface area contributed by atoms with Crippen molar-refractivity contribution in [2.24, 2.45) is 0 Å². The Balaban J connectivity index is 1.84. The number of fused-ring (bicyclic) bond motifs is 1. The van der Waals surface area contributed by atoms with E-state index in [1.165, 1.54) is 13.2 Å². The summed E-state index contributed by atoms with van der Waals surface area (Å²) < 4.78 is 77.3. The second-order valence-electron chi connectivity index (χ2n) is 6.51. The SMILES string of the molecule is COc1ncc(Cl)cc1S(=O)(=O)Nc1ccc(F)c(-c2ccc3c(N)n[nH]c3c2F)c1F. The van der Waals surface area contributed by atoms with Crippen LogP contribution >= 0.6 is 11.6 Å². The van der Waals surface area contributed by atoms with Gasteiger partial charge in [0.2, 0.25) is 5.88 Å². The van der Waals surface area contributed by atoms with Gasteiger partial charge in [-0.3, -0.25) is 9.82 Å². The van der Waals surface area contributed by atoms with Crippen LogP contribution in [0.4, 0.5) is 24.7 Å². The molecule has 0 spiro atoms. The molecule has 2 aromatic heterocycles. The average Bonchev–Trinajstić information content (AvgIpc) is 3.13. The van der Waals surface area contributed by atoms with Crippen molar-refractivity contribution in [1.29, 1.82) is 0 Å². The van der Waals surface area contributed by atoms with E-state index in [2.05, 4.69) is 15.2 Å². The minimum atomic E-state index is -4.47. The smallest absolute Gasteiger partial charge is 0.267 e. The summed E-state index contributed by atoms with van der Waals surface area (Å²) >= 11 is 5.81. The highest BCUT2D eigenvalue weighted by Crippen LogP contribution is 2.36. The third-order valence-corrected chi connectivity index (χ3v) is 6.15. The number of benzene rings is 2. The molecule has 0 unspecified atom stereocenters. The van der Waals surface area contributed by atoms with Gasteiger partial charge in [-0.05, 0) is 24.3 Å². The summed E-state index contributed by atoms with van der Waals surface area (Å²) in [4.78, 5) is 3.28. The van der Waals surface area contributed by atoms with Crippen molar-refractivity contribution in [1.82, 2.24) is 15.2 Å². The van der Waals surface area contributed by atoms with Crippen molar-refractivity contribution in [3.8, 4) is 17.0 Å². The van der Waals surface area contributed by atoms with E-state index in [-0.39, 0.29) is 27.6 Å². The number of sulfonamides is 1. The van der Waals surface area contributed by atoms with Gasteiger partial charge in [0.25, 0.3) is 10.0 Å². The maximum absolute atomic E-state index is 15.3. The van der Waals surface area contributed by atoms with Crippen LogP contribution in [-0.4, -0.2) is 30.7 Å². The number of H-pyrrole nitrogens is 1. The van der Waals surface area contributed by atoms with Crippen LogP contribution in [0.3, 0.4) is 0 Å². The van der Waals surface area contributed by atoms with Crippen molar-refractivity contribution < 1.29 is 26.3 Å². The minimum Gasteiger partial charge on any atom is -0.480 e. The van der Waals surface area contributed by atoms with Crippen LogP contribution in [0.5, 0.6) is 5.88 Å². The van der Waals surface area contributed by atoms with Crippen molar-refractivity contribution >= 4 is 44.0 Å². The first-order valence-corrected chi connectivity index (χ1v) is 10.6. The summed E-state index contributed by atoms with van der Waals surface area (Å²) in [5.41, 5.74) is 3.59. The molecule has 0 aliphatic carbocycles. The second kappa shape index (κ2) is 7.88. The van der Waals surface area contributed by atoms with Crippen LogP contribution in [0.25, 0.3) is 22.0 Å². The zero-order valence-electron chi connectivity index (χ0n) is 16.1. The molecular formula is C19H13ClF3N5O3S. The van der Waals surface area contributed by atoms with E-state index in [1.54, 1.807) is 0 Å². The molecule has 4 aromatic rings. The summed E-state index contributed by atoms with van der Waals surface area (Å²) in [6.45, 7) is 0. The van der Waals surface area contributed by atoms with Crippen LogP contribution < -0.4 is 15.2 Å². The fourth-order valence-corrected chi connectivity index (χ4v) is 4.53. The fourth-order valence-electron chi connectivity index (χ4n) is 3.10. The molecule has 4 N–H and O–H groups in total. The van der Waals surface area contributed by atoms with Gasteiger partial charge in [0.15, 0.2) is 22.3 Å². The molecule has 0 aliphatic heterocycles. The number of ether oxygens (including phenoxy) is 1. The lowest BCUT2D eigenvalue weighted by atomic mass is 10.0. The molecule has 0 atom stereocenters. The van der Waals surface area contributed by atoms with Gasteiger partial charge in [0.1, 0.15) is 11.3 Å². The Hall–Kier alpha value is -3.51. The predicted molar refractivity (Wildman–Crippen MR) is 112 cm³/mol. The van der Waals surface area contributed by atoms with E-state index in [0.717, 1.165) is 30.5 Å². The van der Waals surface area contributed by atoms with E-state index >= 15 is 4.39 Å². The quantitative estimate of drug-likeness (QED) is 0.393. The Morgan fingerprint density at radius 3 is 2.62 bits per heavy atom. The molecule has 2 aromatic carbocycles. The Morgan fingerprint density at radius 1 is 1.16 bits per heavy atom. The molecule has 0 radical (unpaired) electrons. The summed E-state index contributed by atoms with van der Waals surface area (Å²) in [6.07, 6.45) is 1.16. The predicted octanol–water partition coefficient (Wildman–Crippen LogP) is 4.09. The van der Waals surface area contributed by atoms with Crippen molar-refractivity contribution in [2.45, 2.75) is 4.90 Å². The number of nitrogen functional groups attached to an aromatic ring is 1. The molecule has 4 rings (SSSR count). The molecule has 2 heterocycles. The number of methoxy groups -OCH3 is 1. The van der Waals surface area contributed by atoms with Gasteiger partial charge in [-0.2, -0.15) is 5.10 Å². The Kier molecular flexibility index (Phi) is 5.34. The molecular weight excluding hydrogens is 471 g/mol. The van der Waals surface area contributed by atoms with Crippen LogP contribution in [-0.2, 0) is 10.0 Å². The number of aromatic amines is 1. The van der Waals surface area contributed by atoms with Gasteiger partial charge in [-0.15, -0.1) is 0 Å². The number of nitrogens with one attached hydrogen (secondary N) is 2. The summed E-state index contributed by atoms with van der Waals surface area (Å²) in [5, 5.41) is 6.24. The standard InChI is InChI=1S/C19H13ClF3N5O3S/c1-31-19-13(6-8(20)7-25-19)32(29,30)28-12-5-4-11(21)14(16(12)23)9-2-3-10-17(15(9)22)26-27-18(10)24/h2-7,28H,1H3,(H3,24,26,27). The zero-order chi connectivity index (χ0) is 23.2. The van der Waals surface area contributed by atoms with E-state index in [0.29, 0.717) is 0 Å². The van der Waals surface area contributed by atoms with Gasteiger partial charge < -0.3 is 10.5 Å². The van der Waals surface area contributed by atoms with Crippen molar-refractivity contribution in [3.63, 3.8) is 0 Å². The van der Waals surface area contributed by atoms with E-state index in [9.17, 15) is 17.2 Å². The molecule has 0 bridgehead atoms. The molecule has 8 nitrogen and oxygen atoms in total. The highest BCUT2D eigenvalue weighted by molar-refractivity contribution is 7.92. The third kappa shape index (κ3) is 3.56. The van der Waals surface area contributed by atoms with Crippen LogP contribution in [0.2, 0.25) is 5.02 Å². The number of pyridine rings is 1. The zero-order valence-corrected chi connectivity index (χ0v) is 17.7. The van der Waals surface area contributed by atoms with Gasteiger partial charge in [0.05, 0.1) is 23.4 Å². The second-order valence-corrected chi connectivity index (χ2v) is 8.60. The number of aromatic nitrogens is 3. The third-order valence-electron chi connectivity index (χ3n) is 4.58. The monoisotopic (exact) mass is 483 g/mol. The van der Waals surface area contributed by atoms with E-state index in [4.69, 9.17) is 22.1 Å². The lowest BCUT2D eigenvalue weighted by Gasteiger charge is -2.14. The molecule has 166 valence electrons. The maximum Gasteiger partial charge on any atom is 0.267 e. The largest absolute Gasteiger partial charge is 0.480 e. The molecule has 32 heavy (non-hydrogen) atoms. The number of nitrogens with two attached hydrogens (primary N) is 1. The summed E-state index contributed by atoms with van der Waals surface area (Å²) in [5.74, 6) is -3.74. The Bertz CT molecular complexity index is 1480. The lowest BCUT2D eigenvalue weighted by molar-refractivity contribution is 0.385. The molecule has 0 fully saturated rings. The number of hydrogen-bond donors (Lipinski definition) is 3. The molecule has 0 saturated carbocycles. The highest BCUT2D eigenvalue weighted by Gasteiger charge is 2.26. The minimum absolute atomic E-state index is 0.0111. The Morgan fingerprint density at radius 2 is 1.91 bits per heavy atom. The molecule has 0 saturated heterocycles. The van der Waals surface area contributed by atoms with Gasteiger partial charge in [0, 0.05) is 17.1 Å². The van der Waals surface area contributed by atoms with Crippen LogP contribution in [0, 0.1) is 17.5 Å². The lowest BCUT2D eigenvalue weighted by Crippen LogP contribution is -2.16. The fraction of sp³-hybridized carbons (Fsp3) is 0.0526. The first kappa shape index (κ1) is 21.7. The number of anilines is 2. The average molecular weight is 484 g/mol. The molecule has 13 heteroatoms. The number of nitrogens with zero attached hydrogens (tertiary/aromatic N) is 2. The highest BCUT2D eigenvalue weighted by atomic mass is 35.5. The molecule has 0 amide bonds. The maximum atomic E-state index is 15.3. The first-order chi connectivity index (χ1) is 15.1. The van der Waals surface area contributed by atoms with Crippen molar-refractivity contribution in [2.75, 3.05) is 17.6 Å². The number of hydrogen-bond acceptors (Lipinski definition) is 6. The first-order valence-electron chi connectivity index (χ1n) is 8.76. The van der Waals surface area contributed by atoms with Gasteiger partial charge in [-0.1, -0.05) is 17.7 Å². The van der Waals surface area contributed by atoms with E-state index in [1.807, 2.05) is 4.72 Å². The number of halogens is 4. The van der Waals surface area contributed by atoms with E-state index < -0.39 is 49.2 Å². The summed E-state index contributed by atoms with van der Waals surface area (Å²) in [6, 6.07) is 5.17. The van der Waals surface area contributed by atoms with Gasteiger partial charge in [-0.25, -0.2) is 26.6 Å². The summed E-state index contributed by atoms with van der Waals surface area (Å²) in [7, 11) is -3.28. The van der Waals surface area contributed by atoms with Crippen LogP contribution in [0.1, 0.15) is 0 Å². The van der Waals surface area contributed by atoms with Crippen molar-refractivity contribution in [3.05, 3.63) is 59.0 Å². The normalized spacial score (nSPS) is 11.7.